The molecule has 4 nitrogen and oxygen atoms in total. The van der Waals surface area contributed by atoms with E-state index in [4.69, 9.17) is 0 Å². The molecule has 0 bridgehead atoms. The summed E-state index contributed by atoms with van der Waals surface area (Å²) in [6, 6.07) is 4.03. The normalized spacial score (nSPS) is 11.5. The van der Waals surface area contributed by atoms with Gasteiger partial charge in [0.2, 0.25) is 0 Å². The van der Waals surface area contributed by atoms with Gasteiger partial charge in [-0.2, -0.15) is 5.10 Å². The number of aromatic nitrogens is 3. The first-order valence-electron chi connectivity index (χ1n) is 7.33. The van der Waals surface area contributed by atoms with Crippen molar-refractivity contribution < 1.29 is 0 Å². The summed E-state index contributed by atoms with van der Waals surface area (Å²) in [5, 5.41) is 10.5. The van der Waals surface area contributed by atoms with Gasteiger partial charge in [-0.3, -0.25) is 5.10 Å². The average Bonchev–Trinajstić information content (AvgIpc) is 3.01. The summed E-state index contributed by atoms with van der Waals surface area (Å²) in [6.07, 6.45) is 9.16. The Hall–Kier alpha value is -2.62. The molecule has 2 heterocycles. The zero-order valence-corrected chi connectivity index (χ0v) is 13.1. The van der Waals surface area contributed by atoms with E-state index in [9.17, 15) is 0 Å². The zero-order valence-electron chi connectivity index (χ0n) is 13.1. The first-order valence-corrected chi connectivity index (χ1v) is 7.33. The minimum absolute atomic E-state index is 0.393. The van der Waals surface area contributed by atoms with Crippen LogP contribution in [0.15, 0.2) is 61.5 Å². The topological polar surface area (TPSA) is 53.6 Å². The molecule has 0 fully saturated rings. The number of allylic oxidation sites excluding steroid dienone is 2. The standard InChI is InChI=1S/C18H22N4/c1-5-7-14(6-2)11-20-17-10-15(8-9-19-17)16-12-21-22-18(16)13(3)4/h5-10,12-13H,1-2,11H2,3-4H3,(H,19,20)(H,21,22)/b14-7+. The van der Waals surface area contributed by atoms with E-state index in [0.29, 0.717) is 12.5 Å². The number of rotatable bonds is 7. The van der Waals surface area contributed by atoms with Gasteiger partial charge in [-0.05, 0) is 29.2 Å². The van der Waals surface area contributed by atoms with E-state index in [1.165, 1.54) is 0 Å². The van der Waals surface area contributed by atoms with Crippen molar-refractivity contribution >= 4 is 5.82 Å². The van der Waals surface area contributed by atoms with Crippen molar-refractivity contribution in [3.05, 3.63) is 67.2 Å². The van der Waals surface area contributed by atoms with Gasteiger partial charge in [-0.25, -0.2) is 4.98 Å². The number of nitrogens with zero attached hydrogens (tertiary/aromatic N) is 2. The van der Waals surface area contributed by atoms with Gasteiger partial charge in [0, 0.05) is 24.0 Å². The van der Waals surface area contributed by atoms with Gasteiger partial charge in [0.25, 0.3) is 0 Å². The van der Waals surface area contributed by atoms with Crippen molar-refractivity contribution in [1.29, 1.82) is 0 Å². The molecule has 2 rings (SSSR count). The molecule has 22 heavy (non-hydrogen) atoms. The highest BCUT2D eigenvalue weighted by molar-refractivity contribution is 5.68. The molecule has 0 aliphatic carbocycles. The molecule has 0 aromatic carbocycles. The van der Waals surface area contributed by atoms with E-state index in [1.54, 1.807) is 12.3 Å². The maximum Gasteiger partial charge on any atom is 0.126 e. The third-order valence-electron chi connectivity index (χ3n) is 3.38. The summed E-state index contributed by atoms with van der Waals surface area (Å²) in [5.41, 5.74) is 4.41. The number of H-pyrrole nitrogens is 1. The van der Waals surface area contributed by atoms with Crippen LogP contribution in [-0.2, 0) is 0 Å². The number of hydrogen-bond acceptors (Lipinski definition) is 3. The molecule has 0 aliphatic rings. The first-order chi connectivity index (χ1) is 10.7. The Morgan fingerprint density at radius 3 is 2.91 bits per heavy atom. The molecule has 0 radical (unpaired) electrons. The number of aromatic amines is 1. The summed E-state index contributed by atoms with van der Waals surface area (Å²) in [4.78, 5) is 4.36. The lowest BCUT2D eigenvalue weighted by Gasteiger charge is -2.09. The second-order valence-electron chi connectivity index (χ2n) is 5.32. The molecule has 0 atom stereocenters. The van der Waals surface area contributed by atoms with Crippen molar-refractivity contribution in [2.45, 2.75) is 19.8 Å². The van der Waals surface area contributed by atoms with Gasteiger partial charge >= 0.3 is 0 Å². The Bertz CT molecular complexity index is 680. The molecule has 0 unspecified atom stereocenters. The highest BCUT2D eigenvalue weighted by Gasteiger charge is 2.11. The average molecular weight is 294 g/mol. The minimum atomic E-state index is 0.393. The zero-order chi connectivity index (χ0) is 15.9. The highest BCUT2D eigenvalue weighted by atomic mass is 15.1. The maximum absolute atomic E-state index is 4.36. The third kappa shape index (κ3) is 3.73. The minimum Gasteiger partial charge on any atom is -0.366 e. The molecule has 114 valence electrons. The smallest absolute Gasteiger partial charge is 0.126 e. The van der Waals surface area contributed by atoms with Gasteiger partial charge in [0.1, 0.15) is 5.82 Å². The van der Waals surface area contributed by atoms with Crippen molar-refractivity contribution in [2.24, 2.45) is 0 Å². The lowest BCUT2D eigenvalue weighted by molar-refractivity contribution is 0.812. The Morgan fingerprint density at radius 2 is 2.23 bits per heavy atom. The fraction of sp³-hybridized carbons (Fsp3) is 0.222. The van der Waals surface area contributed by atoms with Gasteiger partial charge in [-0.15, -0.1) is 0 Å². The molecule has 0 saturated heterocycles. The van der Waals surface area contributed by atoms with Crippen LogP contribution < -0.4 is 5.32 Å². The van der Waals surface area contributed by atoms with E-state index >= 15 is 0 Å². The van der Waals surface area contributed by atoms with E-state index in [1.807, 2.05) is 30.5 Å². The number of nitrogens with one attached hydrogen (secondary N) is 2. The van der Waals surface area contributed by atoms with Gasteiger partial charge < -0.3 is 5.32 Å². The predicted molar refractivity (Wildman–Crippen MR) is 92.9 cm³/mol. The fourth-order valence-electron chi connectivity index (χ4n) is 2.20. The maximum atomic E-state index is 4.36. The monoisotopic (exact) mass is 294 g/mol. The molecule has 4 heteroatoms. The molecule has 0 saturated carbocycles. The Morgan fingerprint density at radius 1 is 1.41 bits per heavy atom. The van der Waals surface area contributed by atoms with Crippen LogP contribution in [0.4, 0.5) is 5.82 Å². The first kappa shape index (κ1) is 15.8. The summed E-state index contributed by atoms with van der Waals surface area (Å²) >= 11 is 0. The van der Waals surface area contributed by atoms with Gasteiger partial charge in [-0.1, -0.05) is 45.2 Å². The number of hydrogen-bond donors (Lipinski definition) is 2. The Kier molecular flexibility index (Phi) is 5.31. The Balaban J connectivity index is 2.20. The molecule has 2 aromatic heterocycles. The van der Waals surface area contributed by atoms with Gasteiger partial charge in [0.15, 0.2) is 0 Å². The second kappa shape index (κ2) is 7.41. The summed E-state index contributed by atoms with van der Waals surface area (Å²) < 4.78 is 0. The molecule has 0 spiro atoms. The highest BCUT2D eigenvalue weighted by Crippen LogP contribution is 2.28. The van der Waals surface area contributed by atoms with Crippen LogP contribution in [0, 0.1) is 0 Å². The van der Waals surface area contributed by atoms with Crippen molar-refractivity contribution in [3.8, 4) is 11.1 Å². The molecular formula is C18H22N4. The molecule has 0 amide bonds. The summed E-state index contributed by atoms with van der Waals surface area (Å²) in [6.45, 7) is 12.4. The molecule has 2 N–H and O–H groups in total. The summed E-state index contributed by atoms with van der Waals surface area (Å²) in [5.74, 6) is 1.22. The van der Waals surface area contributed by atoms with Crippen LogP contribution in [0.2, 0.25) is 0 Å². The second-order valence-corrected chi connectivity index (χ2v) is 5.32. The van der Waals surface area contributed by atoms with Gasteiger partial charge in [0.05, 0.1) is 6.20 Å². The van der Waals surface area contributed by atoms with Crippen molar-refractivity contribution in [1.82, 2.24) is 15.2 Å². The van der Waals surface area contributed by atoms with Crippen molar-refractivity contribution in [2.75, 3.05) is 11.9 Å². The summed E-state index contributed by atoms with van der Waals surface area (Å²) in [7, 11) is 0. The van der Waals surface area contributed by atoms with E-state index in [-0.39, 0.29) is 0 Å². The quantitative estimate of drug-likeness (QED) is 0.748. The van der Waals surface area contributed by atoms with Crippen LogP contribution in [0.25, 0.3) is 11.1 Å². The molecular weight excluding hydrogens is 272 g/mol. The lowest BCUT2D eigenvalue weighted by atomic mass is 10.0. The predicted octanol–water partition coefficient (Wildman–Crippen LogP) is 4.31. The van der Waals surface area contributed by atoms with E-state index < -0.39 is 0 Å². The van der Waals surface area contributed by atoms with Crippen LogP contribution in [-0.4, -0.2) is 21.7 Å². The van der Waals surface area contributed by atoms with Crippen LogP contribution in [0.5, 0.6) is 0 Å². The van der Waals surface area contributed by atoms with Crippen LogP contribution in [0.1, 0.15) is 25.5 Å². The number of pyridine rings is 1. The largest absolute Gasteiger partial charge is 0.366 e. The SMILES string of the molecule is C=C/C=C(\C=C)CNc1cc(-c2cn[nH]c2C(C)C)ccn1. The van der Waals surface area contributed by atoms with Crippen LogP contribution in [0.3, 0.4) is 0 Å². The Labute approximate surface area is 131 Å². The van der Waals surface area contributed by atoms with E-state index in [2.05, 4.69) is 47.5 Å². The van der Waals surface area contributed by atoms with E-state index in [0.717, 1.165) is 28.2 Å². The third-order valence-corrected chi connectivity index (χ3v) is 3.38. The number of anilines is 1. The lowest BCUT2D eigenvalue weighted by Crippen LogP contribution is -2.04. The van der Waals surface area contributed by atoms with Crippen LogP contribution >= 0.6 is 0 Å². The fourth-order valence-corrected chi connectivity index (χ4v) is 2.20. The molecule has 0 aliphatic heterocycles. The van der Waals surface area contributed by atoms with Crippen molar-refractivity contribution in [3.63, 3.8) is 0 Å². The molecule has 2 aromatic rings.